The Kier molecular flexibility index (Phi) is 9.54. The maximum absolute atomic E-state index is 13.7. The van der Waals surface area contributed by atoms with Crippen LogP contribution in [-0.2, 0) is 13.6 Å². The Hall–Kier alpha value is -1.95. The van der Waals surface area contributed by atoms with Crippen LogP contribution in [0.15, 0.2) is 30.3 Å². The molecule has 1 aromatic rings. The largest absolute Gasteiger partial charge is 0.530 e. The lowest BCUT2D eigenvalue weighted by Crippen LogP contribution is -2.59. The van der Waals surface area contributed by atoms with E-state index < -0.39 is 75.2 Å². The van der Waals surface area contributed by atoms with E-state index in [-0.39, 0.29) is 0 Å². The second-order valence-corrected chi connectivity index (χ2v) is 8.40. The van der Waals surface area contributed by atoms with Crippen molar-refractivity contribution in [1.82, 2.24) is 0 Å². The number of alkyl halides is 16. The van der Waals surface area contributed by atoms with Crippen LogP contribution < -0.4 is 4.52 Å². The summed E-state index contributed by atoms with van der Waals surface area (Å²) in [6.07, 6.45) is -10.8. The lowest BCUT2D eigenvalue weighted by atomic mass is 10.1. The fourth-order valence-corrected chi connectivity index (χ4v) is 3.16. The van der Waals surface area contributed by atoms with Crippen LogP contribution in [0.4, 0.5) is 70.2 Å². The standard InChI is InChI=1S/C16H11F16O4P/c17-9(18)13(25,26)15(29,30)11(21,22)6-34-37(33,36-8-4-2-1-3-5-8)35-7-12(23,24)16(31,32)14(27,28)10(19)20/h1-5,9-10H,6-7H2. The average molecular weight is 602 g/mol. The average Bonchev–Trinajstić information content (AvgIpc) is 2.76. The van der Waals surface area contributed by atoms with E-state index in [2.05, 4.69) is 13.6 Å². The van der Waals surface area contributed by atoms with Crippen LogP contribution >= 0.6 is 7.82 Å². The van der Waals surface area contributed by atoms with Gasteiger partial charge in [0.2, 0.25) is 0 Å². The first-order valence-electron chi connectivity index (χ1n) is 8.85. The molecule has 0 atom stereocenters. The molecule has 1 rings (SSSR count). The van der Waals surface area contributed by atoms with Crippen molar-refractivity contribution in [2.45, 2.75) is 48.4 Å². The zero-order valence-electron chi connectivity index (χ0n) is 17.1. The van der Waals surface area contributed by atoms with E-state index in [0.29, 0.717) is 12.1 Å². The maximum Gasteiger partial charge on any atom is 0.530 e. The molecule has 21 heteroatoms. The molecule has 216 valence electrons. The summed E-state index contributed by atoms with van der Waals surface area (Å²) >= 11 is 0. The molecule has 0 amide bonds. The van der Waals surface area contributed by atoms with E-state index in [9.17, 15) is 74.8 Å². The molecule has 0 fully saturated rings. The number of phosphoric acid groups is 1. The number of rotatable bonds is 14. The van der Waals surface area contributed by atoms with Gasteiger partial charge in [0.05, 0.1) is 0 Å². The van der Waals surface area contributed by atoms with Gasteiger partial charge in [0.25, 0.3) is 0 Å². The van der Waals surface area contributed by atoms with Crippen molar-refractivity contribution in [2.24, 2.45) is 0 Å². The van der Waals surface area contributed by atoms with E-state index in [0.717, 1.165) is 18.2 Å². The van der Waals surface area contributed by atoms with Gasteiger partial charge in [0.15, 0.2) is 0 Å². The molecule has 0 aliphatic rings. The molecule has 0 N–H and O–H groups in total. The summed E-state index contributed by atoms with van der Waals surface area (Å²) in [7, 11) is -6.42. The Morgan fingerprint density at radius 3 is 1.24 bits per heavy atom. The molecule has 0 saturated heterocycles. The summed E-state index contributed by atoms with van der Waals surface area (Å²) in [5, 5.41) is 0. The van der Waals surface area contributed by atoms with Crippen LogP contribution in [0, 0.1) is 0 Å². The Morgan fingerprint density at radius 1 is 0.622 bits per heavy atom. The highest BCUT2D eigenvalue weighted by molar-refractivity contribution is 7.48. The molecule has 1 aromatic carbocycles. The van der Waals surface area contributed by atoms with Gasteiger partial charge in [-0.05, 0) is 12.1 Å². The molecule has 0 spiro atoms. The fraction of sp³-hybridized carbons (Fsp3) is 0.625. The van der Waals surface area contributed by atoms with Crippen molar-refractivity contribution < 1.29 is 88.4 Å². The maximum atomic E-state index is 13.7. The first kappa shape index (κ1) is 33.1. The second-order valence-electron chi connectivity index (χ2n) is 6.80. The lowest BCUT2D eigenvalue weighted by molar-refractivity contribution is -0.345. The van der Waals surface area contributed by atoms with E-state index in [1.807, 2.05) is 0 Å². The minimum atomic E-state index is -6.98. The minimum Gasteiger partial charge on any atom is -0.404 e. The molecular weight excluding hydrogens is 591 g/mol. The molecule has 4 nitrogen and oxygen atoms in total. The summed E-state index contributed by atoms with van der Waals surface area (Å²) in [4.78, 5) is 0. The Balaban J connectivity index is 3.30. The first-order valence-corrected chi connectivity index (χ1v) is 10.3. The normalized spacial score (nSPS) is 15.0. The molecule has 0 saturated carbocycles. The topological polar surface area (TPSA) is 44.8 Å². The summed E-state index contributed by atoms with van der Waals surface area (Å²) in [6.45, 7) is -6.69. The van der Waals surface area contributed by atoms with Crippen molar-refractivity contribution in [2.75, 3.05) is 13.2 Å². The molecule has 0 aliphatic heterocycles. The Bertz CT molecular complexity index is 888. The van der Waals surface area contributed by atoms with Crippen LogP contribution in [0.25, 0.3) is 0 Å². The van der Waals surface area contributed by atoms with Gasteiger partial charge in [0.1, 0.15) is 19.0 Å². The van der Waals surface area contributed by atoms with Gasteiger partial charge < -0.3 is 4.52 Å². The number of para-hydroxylation sites is 1. The molecule has 0 heterocycles. The highest BCUT2D eigenvalue weighted by Crippen LogP contribution is 2.56. The van der Waals surface area contributed by atoms with E-state index in [4.69, 9.17) is 0 Å². The molecule has 0 aromatic heterocycles. The van der Waals surface area contributed by atoms with Crippen molar-refractivity contribution in [3.8, 4) is 5.75 Å². The predicted molar refractivity (Wildman–Crippen MR) is 88.3 cm³/mol. The third-order valence-electron chi connectivity index (χ3n) is 4.07. The second kappa shape index (κ2) is 10.7. The number of hydrogen-bond acceptors (Lipinski definition) is 4. The molecule has 0 bridgehead atoms. The number of phosphoric ester groups is 1. The molecule has 0 unspecified atom stereocenters. The number of benzene rings is 1. The summed E-state index contributed by atoms with van der Waals surface area (Å²) in [5.74, 6) is -41.2. The van der Waals surface area contributed by atoms with Crippen LogP contribution in [-0.4, -0.2) is 61.6 Å². The van der Waals surface area contributed by atoms with Crippen molar-refractivity contribution >= 4 is 7.82 Å². The van der Waals surface area contributed by atoms with E-state index in [1.165, 1.54) is 0 Å². The summed E-state index contributed by atoms with van der Waals surface area (Å²) in [5.41, 5.74) is 0. The van der Waals surface area contributed by atoms with Gasteiger partial charge in [-0.25, -0.2) is 22.1 Å². The monoisotopic (exact) mass is 602 g/mol. The highest BCUT2D eigenvalue weighted by Gasteiger charge is 2.77. The van der Waals surface area contributed by atoms with Gasteiger partial charge in [-0.1, -0.05) is 18.2 Å². The van der Waals surface area contributed by atoms with Crippen molar-refractivity contribution in [3.05, 3.63) is 30.3 Å². The number of hydrogen-bond donors (Lipinski definition) is 0. The van der Waals surface area contributed by atoms with E-state index >= 15 is 0 Å². The SMILES string of the molecule is O=P(OCC(F)(F)C(F)(F)C(F)(F)C(F)F)(OCC(F)(F)C(F)(F)C(F)(F)C(F)F)Oc1ccccc1. The van der Waals surface area contributed by atoms with Gasteiger partial charge in [-0.2, -0.15) is 52.7 Å². The van der Waals surface area contributed by atoms with Gasteiger partial charge in [-0.3, -0.25) is 9.05 Å². The minimum absolute atomic E-state index is 0.675. The van der Waals surface area contributed by atoms with Crippen LogP contribution in [0.5, 0.6) is 5.75 Å². The molecule has 0 aliphatic carbocycles. The van der Waals surface area contributed by atoms with Gasteiger partial charge >= 0.3 is 56.2 Å². The third kappa shape index (κ3) is 6.55. The molecular formula is C16H11F16O4P. The summed E-state index contributed by atoms with van der Waals surface area (Å²) < 4.78 is 232. The molecule has 0 radical (unpaired) electrons. The number of halogens is 16. The van der Waals surface area contributed by atoms with Crippen LogP contribution in [0.3, 0.4) is 0 Å². The predicted octanol–water partition coefficient (Wildman–Crippen LogP) is 7.55. The highest BCUT2D eigenvalue weighted by atomic mass is 31.2. The molecule has 37 heavy (non-hydrogen) atoms. The lowest BCUT2D eigenvalue weighted by Gasteiger charge is -2.33. The smallest absolute Gasteiger partial charge is 0.404 e. The van der Waals surface area contributed by atoms with Gasteiger partial charge in [0, 0.05) is 0 Å². The summed E-state index contributed by atoms with van der Waals surface area (Å²) in [6, 6.07) is 4.42. The van der Waals surface area contributed by atoms with E-state index in [1.54, 1.807) is 0 Å². The first-order chi connectivity index (χ1) is 16.4. The fourth-order valence-electron chi connectivity index (χ4n) is 1.96. The zero-order chi connectivity index (χ0) is 29.3. The zero-order valence-corrected chi connectivity index (χ0v) is 18.0. The Morgan fingerprint density at radius 2 is 0.946 bits per heavy atom. The van der Waals surface area contributed by atoms with Crippen LogP contribution in [0.1, 0.15) is 0 Å². The third-order valence-corrected chi connectivity index (χ3v) is 5.40. The van der Waals surface area contributed by atoms with Crippen LogP contribution in [0.2, 0.25) is 0 Å². The van der Waals surface area contributed by atoms with Crippen molar-refractivity contribution in [1.29, 1.82) is 0 Å². The Labute approximate surface area is 195 Å². The van der Waals surface area contributed by atoms with Crippen molar-refractivity contribution in [3.63, 3.8) is 0 Å². The quantitative estimate of drug-likeness (QED) is 0.163. The van der Waals surface area contributed by atoms with Gasteiger partial charge in [-0.15, -0.1) is 0 Å².